The van der Waals surface area contributed by atoms with Gasteiger partial charge in [-0.1, -0.05) is 56.8 Å². The molecule has 5 nitrogen and oxygen atoms in total. The van der Waals surface area contributed by atoms with Crippen molar-refractivity contribution in [2.24, 2.45) is 5.92 Å². The Bertz CT molecular complexity index is 974. The lowest BCUT2D eigenvalue weighted by atomic mass is 9.83. The summed E-state index contributed by atoms with van der Waals surface area (Å²) in [6, 6.07) is 12.4. The maximum absolute atomic E-state index is 12.8. The number of halogens is 4. The number of benzene rings is 1. The molecule has 1 aromatic heterocycles. The van der Waals surface area contributed by atoms with Crippen LogP contribution in [0, 0.1) is 5.92 Å². The second kappa shape index (κ2) is 8.23. The van der Waals surface area contributed by atoms with Crippen molar-refractivity contribution in [3.63, 3.8) is 0 Å². The molecule has 0 aliphatic carbocycles. The second-order valence-corrected chi connectivity index (χ2v) is 10.9. The number of carbonyl (C=O) groups excluding carboxylic acids is 1. The van der Waals surface area contributed by atoms with E-state index in [0.29, 0.717) is 25.2 Å². The molecule has 4 rings (SSSR count). The molecule has 1 amide bonds. The van der Waals surface area contributed by atoms with E-state index in [9.17, 15) is 9.59 Å². The first-order valence-corrected chi connectivity index (χ1v) is 11.2. The highest BCUT2D eigenvalue weighted by Gasteiger charge is 2.44. The summed E-state index contributed by atoms with van der Waals surface area (Å²) in [4.78, 5) is 27.0. The van der Waals surface area contributed by atoms with Crippen LogP contribution in [0.15, 0.2) is 51.7 Å². The number of nitrogens with one attached hydrogen (secondary N) is 1. The third kappa shape index (κ3) is 4.52. The molecule has 3 atom stereocenters. The van der Waals surface area contributed by atoms with Gasteiger partial charge in [0.25, 0.3) is 11.5 Å². The van der Waals surface area contributed by atoms with Gasteiger partial charge in [-0.05, 0) is 42.7 Å². The van der Waals surface area contributed by atoms with Gasteiger partial charge in [0.2, 0.25) is 3.79 Å². The van der Waals surface area contributed by atoms with Crippen LogP contribution in [-0.4, -0.2) is 38.4 Å². The number of aromatic nitrogens is 1. The second-order valence-electron chi connectivity index (χ2n) is 7.58. The molecule has 1 aromatic carbocycles. The zero-order chi connectivity index (χ0) is 20.8. The van der Waals surface area contributed by atoms with Gasteiger partial charge in [-0.2, -0.15) is 0 Å². The molecule has 154 valence electrons. The highest BCUT2D eigenvalue weighted by Crippen LogP contribution is 2.40. The SMILES string of the molecule is O=C(NC(N1C[C@H]2C[C@@H](C1)c1cccc(=O)n1C2)C(Cl)(Cl)Cl)c1ccc(Br)cc1. The van der Waals surface area contributed by atoms with E-state index in [4.69, 9.17) is 34.8 Å². The maximum atomic E-state index is 12.8. The monoisotopic (exact) mass is 517 g/mol. The third-order valence-corrected chi connectivity index (χ3v) is 6.71. The van der Waals surface area contributed by atoms with Gasteiger partial charge in [0, 0.05) is 47.3 Å². The summed E-state index contributed by atoms with van der Waals surface area (Å²) in [5.41, 5.74) is 1.51. The summed E-state index contributed by atoms with van der Waals surface area (Å²) in [6.07, 6.45) is 0.198. The lowest BCUT2D eigenvalue weighted by Crippen LogP contribution is -2.60. The van der Waals surface area contributed by atoms with Gasteiger partial charge in [-0.3, -0.25) is 14.5 Å². The number of piperidine rings is 1. The molecule has 2 aromatic rings. The lowest BCUT2D eigenvalue weighted by molar-refractivity contribution is 0.0586. The Kier molecular flexibility index (Phi) is 6.02. The highest BCUT2D eigenvalue weighted by molar-refractivity contribution is 9.10. The molecule has 2 bridgehead atoms. The predicted molar refractivity (Wildman–Crippen MR) is 119 cm³/mol. The van der Waals surface area contributed by atoms with Crippen LogP contribution in [0.5, 0.6) is 0 Å². The number of fused-ring (bicyclic) bond motifs is 4. The van der Waals surface area contributed by atoms with E-state index in [1.807, 2.05) is 15.5 Å². The van der Waals surface area contributed by atoms with Crippen LogP contribution in [0.25, 0.3) is 0 Å². The number of carbonyl (C=O) groups is 1. The minimum absolute atomic E-state index is 0.0205. The third-order valence-electron chi connectivity index (χ3n) is 5.56. The van der Waals surface area contributed by atoms with E-state index in [1.165, 1.54) is 0 Å². The minimum atomic E-state index is -1.70. The van der Waals surface area contributed by atoms with Crippen LogP contribution in [0.4, 0.5) is 0 Å². The van der Waals surface area contributed by atoms with Crippen molar-refractivity contribution in [3.05, 3.63) is 68.5 Å². The maximum Gasteiger partial charge on any atom is 0.252 e. The first-order chi connectivity index (χ1) is 13.7. The predicted octanol–water partition coefficient (Wildman–Crippen LogP) is 4.16. The molecule has 1 saturated heterocycles. The molecule has 29 heavy (non-hydrogen) atoms. The molecule has 9 heteroatoms. The van der Waals surface area contributed by atoms with Gasteiger partial charge in [0.05, 0.1) is 0 Å². The van der Waals surface area contributed by atoms with Crippen LogP contribution < -0.4 is 10.9 Å². The van der Waals surface area contributed by atoms with E-state index < -0.39 is 9.96 Å². The van der Waals surface area contributed by atoms with E-state index in [0.717, 1.165) is 16.6 Å². The Hall–Kier alpha value is -1.05. The quantitative estimate of drug-likeness (QED) is 0.620. The largest absolute Gasteiger partial charge is 0.332 e. The Balaban J connectivity index is 1.58. The average Bonchev–Trinajstić information content (AvgIpc) is 2.66. The molecule has 2 aliphatic rings. The van der Waals surface area contributed by atoms with Crippen molar-refractivity contribution < 1.29 is 4.79 Å². The normalized spacial score (nSPS) is 22.6. The van der Waals surface area contributed by atoms with Gasteiger partial charge in [-0.15, -0.1) is 0 Å². The summed E-state index contributed by atoms with van der Waals surface area (Å²) in [7, 11) is 0. The van der Waals surface area contributed by atoms with Crippen LogP contribution >= 0.6 is 50.7 Å². The summed E-state index contributed by atoms with van der Waals surface area (Å²) in [6.45, 7) is 1.87. The van der Waals surface area contributed by atoms with Crippen molar-refractivity contribution in [2.75, 3.05) is 13.1 Å². The minimum Gasteiger partial charge on any atom is -0.332 e. The van der Waals surface area contributed by atoms with Crippen molar-refractivity contribution in [1.82, 2.24) is 14.8 Å². The summed E-state index contributed by atoms with van der Waals surface area (Å²) < 4.78 is 1.03. The highest BCUT2D eigenvalue weighted by atomic mass is 79.9. The molecule has 2 aliphatic heterocycles. The van der Waals surface area contributed by atoms with E-state index >= 15 is 0 Å². The van der Waals surface area contributed by atoms with Crippen LogP contribution in [-0.2, 0) is 6.54 Å². The molecular weight excluding hydrogens is 501 g/mol. The van der Waals surface area contributed by atoms with Gasteiger partial charge in [0.15, 0.2) is 0 Å². The fourth-order valence-corrected chi connectivity index (χ4v) is 5.18. The van der Waals surface area contributed by atoms with Crippen molar-refractivity contribution in [2.45, 2.75) is 28.8 Å². The summed E-state index contributed by atoms with van der Waals surface area (Å²) in [5.74, 6) is 0.0952. The number of pyridine rings is 1. The number of alkyl halides is 3. The molecular formula is C20H19BrCl3N3O2. The number of amides is 1. The first kappa shape index (κ1) is 21.2. The fourth-order valence-electron chi connectivity index (χ4n) is 4.33. The van der Waals surface area contributed by atoms with Crippen LogP contribution in [0.2, 0.25) is 0 Å². The molecule has 0 spiro atoms. The molecule has 3 heterocycles. The van der Waals surface area contributed by atoms with Crippen LogP contribution in [0.3, 0.4) is 0 Å². The van der Waals surface area contributed by atoms with E-state index in [1.54, 1.807) is 36.4 Å². The molecule has 1 N–H and O–H groups in total. The Labute approximate surface area is 192 Å². The average molecular weight is 520 g/mol. The number of hydrogen-bond donors (Lipinski definition) is 1. The van der Waals surface area contributed by atoms with Crippen molar-refractivity contribution in [3.8, 4) is 0 Å². The zero-order valence-corrected chi connectivity index (χ0v) is 19.2. The Morgan fingerprint density at radius 1 is 1.10 bits per heavy atom. The molecule has 0 radical (unpaired) electrons. The first-order valence-electron chi connectivity index (χ1n) is 9.29. The number of nitrogens with zero attached hydrogens (tertiary/aromatic N) is 2. The topological polar surface area (TPSA) is 54.3 Å². The van der Waals surface area contributed by atoms with E-state index in [-0.39, 0.29) is 23.3 Å². The molecule has 0 saturated carbocycles. The zero-order valence-electron chi connectivity index (χ0n) is 15.3. The van der Waals surface area contributed by atoms with Gasteiger partial charge < -0.3 is 9.88 Å². The number of rotatable bonds is 3. The van der Waals surface area contributed by atoms with Crippen LogP contribution in [0.1, 0.15) is 28.4 Å². The summed E-state index contributed by atoms with van der Waals surface area (Å²) in [5, 5.41) is 2.89. The van der Waals surface area contributed by atoms with Gasteiger partial charge in [-0.25, -0.2) is 0 Å². The number of hydrogen-bond acceptors (Lipinski definition) is 3. The van der Waals surface area contributed by atoms with Gasteiger partial charge >= 0.3 is 0 Å². The number of likely N-dealkylation sites (tertiary alicyclic amines) is 1. The summed E-state index contributed by atoms with van der Waals surface area (Å²) >= 11 is 22.2. The van der Waals surface area contributed by atoms with Crippen molar-refractivity contribution in [1.29, 1.82) is 0 Å². The smallest absolute Gasteiger partial charge is 0.252 e. The fraction of sp³-hybridized carbons (Fsp3) is 0.400. The molecule has 1 fully saturated rings. The molecule has 1 unspecified atom stereocenters. The van der Waals surface area contributed by atoms with E-state index in [2.05, 4.69) is 21.2 Å². The Morgan fingerprint density at radius 3 is 2.52 bits per heavy atom. The Morgan fingerprint density at radius 2 is 1.83 bits per heavy atom. The lowest BCUT2D eigenvalue weighted by Gasteiger charge is -2.47. The van der Waals surface area contributed by atoms with Gasteiger partial charge in [0.1, 0.15) is 6.17 Å². The van der Waals surface area contributed by atoms with Crippen molar-refractivity contribution >= 4 is 56.6 Å². The standard InChI is InChI=1S/C20H19BrCl3N3O2/c21-15-6-4-13(5-7-15)18(29)25-19(20(22,23)24)26-9-12-8-14(11-26)16-2-1-3-17(28)27(16)10-12/h1-7,12,14,19H,8-11H2,(H,25,29)/t12-,14+,19?/m1/s1.